The summed E-state index contributed by atoms with van der Waals surface area (Å²) in [5.74, 6) is 0. The van der Waals surface area contributed by atoms with Crippen molar-refractivity contribution in [2.45, 2.75) is 43.9 Å². The molecule has 0 aromatic heterocycles. The molecule has 0 amide bonds. The number of morpholine rings is 1. The van der Waals surface area contributed by atoms with Gasteiger partial charge in [-0.1, -0.05) is 0 Å². The van der Waals surface area contributed by atoms with E-state index in [1.807, 2.05) is 0 Å². The van der Waals surface area contributed by atoms with Gasteiger partial charge in [0.2, 0.25) is 0 Å². The minimum absolute atomic E-state index is 0.0709. The van der Waals surface area contributed by atoms with Crippen LogP contribution in [0.5, 0.6) is 0 Å². The monoisotopic (exact) mass is 240 g/mol. The molecule has 0 radical (unpaired) electrons. The topological polar surface area (TPSA) is 35.9 Å². The zero-order valence-electron chi connectivity index (χ0n) is 10.6. The predicted octanol–water partition coefficient (Wildman–Crippen LogP) is 0.306. The molecule has 17 heavy (non-hydrogen) atoms. The van der Waals surface area contributed by atoms with E-state index < -0.39 is 0 Å². The lowest BCUT2D eigenvalue weighted by molar-refractivity contribution is 0.0151. The van der Waals surface area contributed by atoms with Gasteiger partial charge in [0.1, 0.15) is 0 Å². The number of rotatable bonds is 2. The summed E-state index contributed by atoms with van der Waals surface area (Å²) < 4.78 is 5.41. The Hall–Kier alpha value is -0.160. The molecule has 98 valence electrons. The molecule has 1 aliphatic carbocycles. The minimum Gasteiger partial charge on any atom is -0.391 e. The third-order valence-electron chi connectivity index (χ3n) is 4.67. The fourth-order valence-corrected chi connectivity index (χ4v) is 3.66. The highest BCUT2D eigenvalue weighted by atomic mass is 16.5. The van der Waals surface area contributed by atoms with Gasteiger partial charge in [0.15, 0.2) is 0 Å². The maximum atomic E-state index is 9.97. The average Bonchev–Trinajstić information content (AvgIpc) is 2.98. The number of aliphatic hydroxyl groups excluding tert-OH is 1. The van der Waals surface area contributed by atoms with Crippen molar-refractivity contribution in [2.24, 2.45) is 0 Å². The lowest BCUT2D eigenvalue weighted by Gasteiger charge is -2.33. The van der Waals surface area contributed by atoms with Crippen LogP contribution in [0.2, 0.25) is 0 Å². The summed E-state index contributed by atoms with van der Waals surface area (Å²) in [4.78, 5) is 5.10. The van der Waals surface area contributed by atoms with Gasteiger partial charge in [-0.25, -0.2) is 0 Å². The lowest BCUT2D eigenvalue weighted by atomic mass is 10.2. The summed E-state index contributed by atoms with van der Waals surface area (Å²) in [5.41, 5.74) is 0. The first-order chi connectivity index (χ1) is 8.34. The molecule has 1 N–H and O–H groups in total. The zero-order valence-corrected chi connectivity index (χ0v) is 10.6. The summed E-state index contributed by atoms with van der Waals surface area (Å²) >= 11 is 0. The first-order valence-electron chi connectivity index (χ1n) is 7.08. The Bertz CT molecular complexity index is 256. The van der Waals surface area contributed by atoms with Crippen LogP contribution < -0.4 is 0 Å². The quantitative estimate of drug-likeness (QED) is 0.753. The van der Waals surface area contributed by atoms with Gasteiger partial charge in [0.25, 0.3) is 0 Å². The molecule has 3 aliphatic rings. The third-order valence-corrected chi connectivity index (χ3v) is 4.67. The van der Waals surface area contributed by atoms with E-state index in [2.05, 4.69) is 9.80 Å². The molecule has 0 aromatic carbocycles. The van der Waals surface area contributed by atoms with Crippen LogP contribution in [0.4, 0.5) is 0 Å². The second-order valence-electron chi connectivity index (χ2n) is 5.65. The summed E-state index contributed by atoms with van der Waals surface area (Å²) in [6.07, 6.45) is 4.59. The van der Waals surface area contributed by atoms with Gasteiger partial charge in [0.05, 0.1) is 19.3 Å². The van der Waals surface area contributed by atoms with Gasteiger partial charge in [0, 0.05) is 38.3 Å². The highest BCUT2D eigenvalue weighted by molar-refractivity contribution is 4.92. The van der Waals surface area contributed by atoms with E-state index in [4.69, 9.17) is 4.74 Å². The van der Waals surface area contributed by atoms with Crippen molar-refractivity contribution in [2.75, 3.05) is 39.4 Å². The average molecular weight is 240 g/mol. The molecular weight excluding hydrogens is 216 g/mol. The number of nitrogens with zero attached hydrogens (tertiary/aromatic N) is 2. The largest absolute Gasteiger partial charge is 0.391 e. The van der Waals surface area contributed by atoms with Crippen LogP contribution in [0, 0.1) is 0 Å². The van der Waals surface area contributed by atoms with Gasteiger partial charge in [-0.2, -0.15) is 0 Å². The summed E-state index contributed by atoms with van der Waals surface area (Å²) in [6.45, 7) is 6.29. The molecule has 2 heterocycles. The first-order valence-corrected chi connectivity index (χ1v) is 7.08. The molecule has 2 aliphatic heterocycles. The molecule has 2 saturated heterocycles. The SMILES string of the molecule is OC1CCCC1N1CCC(N2CCOCC2)C1. The Morgan fingerprint density at radius 2 is 1.76 bits per heavy atom. The van der Waals surface area contributed by atoms with Gasteiger partial charge >= 0.3 is 0 Å². The standard InChI is InChI=1S/C13H24N2O2/c16-13-3-1-2-12(13)15-5-4-11(10-15)14-6-8-17-9-7-14/h11-13,16H,1-10H2. The Labute approximate surface area is 104 Å². The second-order valence-corrected chi connectivity index (χ2v) is 5.65. The number of hydrogen-bond acceptors (Lipinski definition) is 4. The molecule has 3 rings (SSSR count). The first kappa shape index (κ1) is 11.9. The van der Waals surface area contributed by atoms with Crippen LogP contribution in [-0.4, -0.2) is 72.5 Å². The van der Waals surface area contributed by atoms with Crippen molar-refractivity contribution in [1.82, 2.24) is 9.80 Å². The van der Waals surface area contributed by atoms with Gasteiger partial charge in [-0.15, -0.1) is 0 Å². The van der Waals surface area contributed by atoms with Crippen molar-refractivity contribution in [3.05, 3.63) is 0 Å². The van der Waals surface area contributed by atoms with Crippen molar-refractivity contribution < 1.29 is 9.84 Å². The summed E-state index contributed by atoms with van der Waals surface area (Å²) in [7, 11) is 0. The fourth-order valence-electron chi connectivity index (χ4n) is 3.66. The maximum absolute atomic E-state index is 9.97. The molecule has 0 spiro atoms. The molecule has 0 bridgehead atoms. The summed E-state index contributed by atoms with van der Waals surface area (Å²) in [6, 6.07) is 1.15. The van der Waals surface area contributed by atoms with Crippen LogP contribution in [0.15, 0.2) is 0 Å². The molecule has 3 unspecified atom stereocenters. The molecule has 1 saturated carbocycles. The summed E-state index contributed by atoms with van der Waals surface area (Å²) in [5, 5.41) is 9.97. The van der Waals surface area contributed by atoms with Crippen LogP contribution in [0.1, 0.15) is 25.7 Å². The normalized spacial score (nSPS) is 41.1. The van der Waals surface area contributed by atoms with Crippen LogP contribution >= 0.6 is 0 Å². The smallest absolute Gasteiger partial charge is 0.0695 e. The van der Waals surface area contributed by atoms with Crippen molar-refractivity contribution in [3.63, 3.8) is 0 Å². The van der Waals surface area contributed by atoms with E-state index in [0.29, 0.717) is 12.1 Å². The Morgan fingerprint density at radius 1 is 0.941 bits per heavy atom. The van der Waals surface area contributed by atoms with Gasteiger partial charge in [-0.3, -0.25) is 9.80 Å². The zero-order chi connectivity index (χ0) is 11.7. The van der Waals surface area contributed by atoms with E-state index >= 15 is 0 Å². The molecular formula is C13H24N2O2. The maximum Gasteiger partial charge on any atom is 0.0695 e. The number of ether oxygens (including phenoxy) is 1. The molecule has 3 fully saturated rings. The highest BCUT2D eigenvalue weighted by Crippen LogP contribution is 2.28. The minimum atomic E-state index is -0.0709. The molecule has 3 atom stereocenters. The van der Waals surface area contributed by atoms with E-state index in [0.717, 1.165) is 39.3 Å². The van der Waals surface area contributed by atoms with Gasteiger partial charge in [-0.05, 0) is 25.7 Å². The predicted molar refractivity (Wildman–Crippen MR) is 66.0 cm³/mol. The van der Waals surface area contributed by atoms with Crippen LogP contribution in [-0.2, 0) is 4.74 Å². The number of hydrogen-bond donors (Lipinski definition) is 1. The fraction of sp³-hybridized carbons (Fsp3) is 1.00. The van der Waals surface area contributed by atoms with E-state index in [1.54, 1.807) is 0 Å². The molecule has 4 heteroatoms. The molecule has 4 nitrogen and oxygen atoms in total. The highest BCUT2D eigenvalue weighted by Gasteiger charge is 2.36. The van der Waals surface area contributed by atoms with E-state index in [9.17, 15) is 5.11 Å². The van der Waals surface area contributed by atoms with Crippen LogP contribution in [0.3, 0.4) is 0 Å². The Kier molecular flexibility index (Phi) is 3.66. The molecule has 0 aromatic rings. The number of likely N-dealkylation sites (tertiary alicyclic amines) is 1. The van der Waals surface area contributed by atoms with Crippen molar-refractivity contribution >= 4 is 0 Å². The van der Waals surface area contributed by atoms with E-state index in [-0.39, 0.29) is 6.10 Å². The Morgan fingerprint density at radius 3 is 2.47 bits per heavy atom. The Balaban J connectivity index is 1.54. The lowest BCUT2D eigenvalue weighted by Crippen LogP contribution is -2.46. The van der Waals surface area contributed by atoms with Crippen LogP contribution in [0.25, 0.3) is 0 Å². The second kappa shape index (κ2) is 5.22. The third kappa shape index (κ3) is 2.50. The van der Waals surface area contributed by atoms with Crippen molar-refractivity contribution in [1.29, 1.82) is 0 Å². The van der Waals surface area contributed by atoms with Gasteiger partial charge < -0.3 is 9.84 Å². The number of aliphatic hydroxyl groups is 1. The van der Waals surface area contributed by atoms with Crippen molar-refractivity contribution in [3.8, 4) is 0 Å². The van der Waals surface area contributed by atoms with E-state index in [1.165, 1.54) is 25.8 Å².